The Hall–Kier alpha value is -2.53. The average Bonchev–Trinajstić information content (AvgIpc) is 2.84. The second kappa shape index (κ2) is 5.46. The van der Waals surface area contributed by atoms with Gasteiger partial charge in [0.1, 0.15) is 5.75 Å². The molecule has 1 aromatic heterocycles. The predicted molar refractivity (Wildman–Crippen MR) is 82.3 cm³/mol. The quantitative estimate of drug-likeness (QED) is 0.593. The Balaban J connectivity index is 1.74. The van der Waals surface area contributed by atoms with E-state index in [9.17, 15) is 9.90 Å². The molecule has 0 spiro atoms. The Morgan fingerprint density at radius 1 is 1.14 bits per heavy atom. The van der Waals surface area contributed by atoms with Gasteiger partial charge in [-0.05, 0) is 42.3 Å². The molecule has 0 bridgehead atoms. The fourth-order valence-corrected chi connectivity index (χ4v) is 2.37. The molecule has 3 rings (SSSR count). The third-order valence-corrected chi connectivity index (χ3v) is 3.56. The van der Waals surface area contributed by atoms with Crippen molar-refractivity contribution in [3.63, 3.8) is 0 Å². The van der Waals surface area contributed by atoms with Crippen LogP contribution in [0, 0.1) is 0 Å². The lowest BCUT2D eigenvalue weighted by molar-refractivity contribution is 0.473. The first-order valence-electron chi connectivity index (χ1n) is 6.85. The SMILES string of the molecule is CC(NCc1cccc(O)c1)c1ccc2[nH]c(=O)[nH]c2c1. The van der Waals surface area contributed by atoms with Gasteiger partial charge in [-0.2, -0.15) is 0 Å². The van der Waals surface area contributed by atoms with E-state index in [2.05, 4.69) is 22.2 Å². The van der Waals surface area contributed by atoms with Gasteiger partial charge in [-0.25, -0.2) is 4.79 Å². The van der Waals surface area contributed by atoms with E-state index in [0.29, 0.717) is 6.54 Å². The van der Waals surface area contributed by atoms with E-state index in [4.69, 9.17) is 0 Å². The van der Waals surface area contributed by atoms with Crippen molar-refractivity contribution < 1.29 is 5.11 Å². The molecular weight excluding hydrogens is 266 g/mol. The first-order valence-corrected chi connectivity index (χ1v) is 6.85. The van der Waals surface area contributed by atoms with Crippen molar-refractivity contribution in [3.05, 3.63) is 64.1 Å². The fraction of sp³-hybridized carbons (Fsp3) is 0.188. The fourth-order valence-electron chi connectivity index (χ4n) is 2.37. The zero-order chi connectivity index (χ0) is 14.8. The second-order valence-electron chi connectivity index (χ2n) is 5.16. The molecule has 0 amide bonds. The molecule has 1 unspecified atom stereocenters. The molecule has 4 N–H and O–H groups in total. The lowest BCUT2D eigenvalue weighted by Crippen LogP contribution is -2.17. The molecule has 1 heterocycles. The molecule has 108 valence electrons. The summed E-state index contributed by atoms with van der Waals surface area (Å²) < 4.78 is 0. The number of hydrogen-bond acceptors (Lipinski definition) is 3. The van der Waals surface area contributed by atoms with Crippen LogP contribution in [0.25, 0.3) is 11.0 Å². The minimum atomic E-state index is -0.192. The van der Waals surface area contributed by atoms with Crippen molar-refractivity contribution in [2.24, 2.45) is 0 Å². The number of nitrogens with one attached hydrogen (secondary N) is 3. The summed E-state index contributed by atoms with van der Waals surface area (Å²) in [6.07, 6.45) is 0. The van der Waals surface area contributed by atoms with Gasteiger partial charge in [0.2, 0.25) is 0 Å². The van der Waals surface area contributed by atoms with Gasteiger partial charge in [0.05, 0.1) is 11.0 Å². The summed E-state index contributed by atoms with van der Waals surface area (Å²) in [4.78, 5) is 16.8. The van der Waals surface area contributed by atoms with Crippen molar-refractivity contribution >= 4 is 11.0 Å². The molecule has 2 aromatic carbocycles. The van der Waals surface area contributed by atoms with Crippen LogP contribution >= 0.6 is 0 Å². The first-order chi connectivity index (χ1) is 10.1. The smallest absolute Gasteiger partial charge is 0.323 e. The van der Waals surface area contributed by atoms with Gasteiger partial charge < -0.3 is 20.4 Å². The van der Waals surface area contributed by atoms with Gasteiger partial charge >= 0.3 is 5.69 Å². The number of aromatic amines is 2. The molecule has 0 radical (unpaired) electrons. The lowest BCUT2D eigenvalue weighted by Gasteiger charge is -2.14. The third kappa shape index (κ3) is 2.98. The molecule has 0 aliphatic heterocycles. The van der Waals surface area contributed by atoms with Crippen molar-refractivity contribution in [3.8, 4) is 5.75 Å². The summed E-state index contributed by atoms with van der Waals surface area (Å²) in [6.45, 7) is 2.73. The normalized spacial score (nSPS) is 12.6. The number of fused-ring (bicyclic) bond motifs is 1. The molecule has 3 aromatic rings. The lowest BCUT2D eigenvalue weighted by atomic mass is 10.1. The van der Waals surface area contributed by atoms with Crippen LogP contribution in [-0.4, -0.2) is 15.1 Å². The Labute approximate surface area is 121 Å². The molecule has 0 saturated carbocycles. The van der Waals surface area contributed by atoms with E-state index in [0.717, 1.165) is 22.2 Å². The van der Waals surface area contributed by atoms with Crippen LogP contribution in [0.4, 0.5) is 0 Å². The van der Waals surface area contributed by atoms with Gasteiger partial charge in [-0.3, -0.25) is 0 Å². The Bertz CT molecular complexity index is 820. The summed E-state index contributed by atoms with van der Waals surface area (Å²) in [5.74, 6) is 0.272. The predicted octanol–water partition coefficient (Wildman–Crippen LogP) is 2.41. The number of benzene rings is 2. The van der Waals surface area contributed by atoms with Crippen LogP contribution in [-0.2, 0) is 6.54 Å². The number of rotatable bonds is 4. The van der Waals surface area contributed by atoms with E-state index < -0.39 is 0 Å². The van der Waals surface area contributed by atoms with Crippen molar-refractivity contribution in [2.75, 3.05) is 0 Å². The number of phenols is 1. The van der Waals surface area contributed by atoms with Gasteiger partial charge in [-0.15, -0.1) is 0 Å². The molecule has 21 heavy (non-hydrogen) atoms. The van der Waals surface area contributed by atoms with Crippen LogP contribution < -0.4 is 11.0 Å². The maximum absolute atomic E-state index is 11.3. The van der Waals surface area contributed by atoms with Crippen LogP contribution in [0.15, 0.2) is 47.3 Å². The number of imidazole rings is 1. The molecule has 5 heteroatoms. The molecule has 0 aliphatic carbocycles. The van der Waals surface area contributed by atoms with E-state index in [-0.39, 0.29) is 17.5 Å². The van der Waals surface area contributed by atoms with Gasteiger partial charge in [0.25, 0.3) is 0 Å². The zero-order valence-electron chi connectivity index (χ0n) is 11.7. The van der Waals surface area contributed by atoms with Crippen LogP contribution in [0.3, 0.4) is 0 Å². The number of hydrogen-bond donors (Lipinski definition) is 4. The highest BCUT2D eigenvalue weighted by Gasteiger charge is 2.07. The van der Waals surface area contributed by atoms with E-state index in [1.165, 1.54) is 0 Å². The Morgan fingerprint density at radius 3 is 2.76 bits per heavy atom. The Kier molecular flexibility index (Phi) is 3.50. The number of phenolic OH excluding ortho intramolecular Hbond substituents is 1. The van der Waals surface area contributed by atoms with E-state index in [1.54, 1.807) is 12.1 Å². The summed E-state index contributed by atoms with van der Waals surface area (Å²) in [7, 11) is 0. The maximum Gasteiger partial charge on any atom is 0.323 e. The molecule has 5 nitrogen and oxygen atoms in total. The van der Waals surface area contributed by atoms with Crippen molar-refractivity contribution in [2.45, 2.75) is 19.5 Å². The third-order valence-electron chi connectivity index (χ3n) is 3.56. The minimum absolute atomic E-state index is 0.134. The van der Waals surface area contributed by atoms with Crippen LogP contribution in [0.1, 0.15) is 24.1 Å². The monoisotopic (exact) mass is 283 g/mol. The molecule has 0 aliphatic rings. The average molecular weight is 283 g/mol. The largest absolute Gasteiger partial charge is 0.508 e. The Morgan fingerprint density at radius 2 is 1.95 bits per heavy atom. The summed E-state index contributed by atoms with van der Waals surface area (Å²) in [5.41, 5.74) is 3.55. The van der Waals surface area contributed by atoms with Crippen LogP contribution in [0.2, 0.25) is 0 Å². The minimum Gasteiger partial charge on any atom is -0.508 e. The van der Waals surface area contributed by atoms with Crippen molar-refractivity contribution in [1.29, 1.82) is 0 Å². The van der Waals surface area contributed by atoms with E-state index in [1.807, 2.05) is 30.3 Å². The maximum atomic E-state index is 11.3. The number of H-pyrrole nitrogens is 2. The highest BCUT2D eigenvalue weighted by Crippen LogP contribution is 2.18. The van der Waals surface area contributed by atoms with Gasteiger partial charge in [0, 0.05) is 12.6 Å². The topological polar surface area (TPSA) is 80.9 Å². The summed E-state index contributed by atoms with van der Waals surface area (Å²) >= 11 is 0. The first kappa shape index (κ1) is 13.5. The molecule has 0 fully saturated rings. The number of aromatic hydroxyl groups is 1. The second-order valence-corrected chi connectivity index (χ2v) is 5.16. The summed E-state index contributed by atoms with van der Waals surface area (Å²) in [5, 5.41) is 12.9. The summed E-state index contributed by atoms with van der Waals surface area (Å²) in [6, 6.07) is 13.2. The van der Waals surface area contributed by atoms with Crippen LogP contribution in [0.5, 0.6) is 5.75 Å². The number of aromatic nitrogens is 2. The van der Waals surface area contributed by atoms with E-state index >= 15 is 0 Å². The molecular formula is C16H17N3O2. The molecule has 0 saturated heterocycles. The van der Waals surface area contributed by atoms with Gasteiger partial charge in [-0.1, -0.05) is 18.2 Å². The highest BCUT2D eigenvalue weighted by molar-refractivity contribution is 5.75. The highest BCUT2D eigenvalue weighted by atomic mass is 16.3. The zero-order valence-corrected chi connectivity index (χ0v) is 11.7. The van der Waals surface area contributed by atoms with Gasteiger partial charge in [0.15, 0.2) is 0 Å². The standard InChI is InChI=1S/C16H17N3O2/c1-10(17-9-11-3-2-4-13(20)7-11)12-5-6-14-15(8-12)19-16(21)18-14/h2-8,10,17,20H,9H2,1H3,(H2,18,19,21). The van der Waals surface area contributed by atoms with Crippen molar-refractivity contribution in [1.82, 2.24) is 15.3 Å². The molecule has 1 atom stereocenters.